The Balaban J connectivity index is 1.93. The molecule has 0 aromatic carbocycles. The van der Waals surface area contributed by atoms with Crippen LogP contribution in [0.2, 0.25) is 0 Å². The van der Waals surface area contributed by atoms with E-state index in [4.69, 9.17) is 0 Å². The fourth-order valence-corrected chi connectivity index (χ4v) is 2.50. The van der Waals surface area contributed by atoms with Crippen LogP contribution in [-0.2, 0) is 4.79 Å². The van der Waals surface area contributed by atoms with Crippen molar-refractivity contribution in [1.82, 2.24) is 10.2 Å². The minimum absolute atomic E-state index is 0.167. The molecule has 4 nitrogen and oxygen atoms in total. The van der Waals surface area contributed by atoms with Gasteiger partial charge in [-0.3, -0.25) is 9.79 Å². The molecule has 0 bridgehead atoms. The maximum Gasteiger partial charge on any atom is 0.222 e. The van der Waals surface area contributed by atoms with Crippen molar-refractivity contribution >= 4 is 12.1 Å². The Morgan fingerprint density at radius 2 is 2.41 bits per heavy atom. The Morgan fingerprint density at radius 3 is 3.06 bits per heavy atom. The highest BCUT2D eigenvalue weighted by molar-refractivity contribution is 5.79. The van der Waals surface area contributed by atoms with Crippen LogP contribution >= 0.6 is 0 Å². The molecule has 0 spiro atoms. The van der Waals surface area contributed by atoms with Crippen LogP contribution in [-0.4, -0.2) is 35.7 Å². The van der Waals surface area contributed by atoms with Crippen molar-refractivity contribution in [3.63, 3.8) is 0 Å². The molecule has 0 aliphatic carbocycles. The predicted octanol–water partition coefficient (Wildman–Crippen LogP) is 1.68. The van der Waals surface area contributed by atoms with Gasteiger partial charge in [0.2, 0.25) is 5.91 Å². The number of amides is 1. The van der Waals surface area contributed by atoms with E-state index in [0.29, 0.717) is 18.4 Å². The Kier molecular flexibility index (Phi) is 3.82. The van der Waals surface area contributed by atoms with Crippen LogP contribution in [0.15, 0.2) is 16.9 Å². The molecule has 1 fully saturated rings. The van der Waals surface area contributed by atoms with Crippen LogP contribution in [0.3, 0.4) is 0 Å². The largest absolute Gasteiger partial charge is 0.380 e. The van der Waals surface area contributed by atoms with Crippen molar-refractivity contribution in [1.29, 1.82) is 0 Å². The summed E-state index contributed by atoms with van der Waals surface area (Å²) in [6, 6.07) is 0.606. The lowest BCUT2D eigenvalue weighted by molar-refractivity contribution is -0.129. The van der Waals surface area contributed by atoms with E-state index in [1.165, 1.54) is 0 Å². The summed E-state index contributed by atoms with van der Waals surface area (Å²) in [5.41, 5.74) is 0.985. The number of carbonyl (C=O) groups is 1. The molecule has 1 saturated heterocycles. The van der Waals surface area contributed by atoms with E-state index < -0.39 is 0 Å². The normalized spacial score (nSPS) is 28.2. The minimum Gasteiger partial charge on any atom is -0.380 e. The van der Waals surface area contributed by atoms with Crippen LogP contribution in [0.25, 0.3) is 0 Å². The second kappa shape index (κ2) is 5.34. The van der Waals surface area contributed by atoms with Crippen LogP contribution in [0.4, 0.5) is 0 Å². The number of rotatable bonds is 4. The Hall–Kier alpha value is -1.32. The number of nitrogens with zero attached hydrogens (tertiary/aromatic N) is 2. The van der Waals surface area contributed by atoms with Crippen LogP contribution in [0.5, 0.6) is 0 Å². The molecule has 0 radical (unpaired) electrons. The summed E-state index contributed by atoms with van der Waals surface area (Å²) in [6.07, 6.45) is 7.81. The molecule has 2 heterocycles. The summed E-state index contributed by atoms with van der Waals surface area (Å²) >= 11 is 0. The third kappa shape index (κ3) is 2.87. The molecule has 0 aromatic rings. The lowest BCUT2D eigenvalue weighted by Gasteiger charge is -2.28. The summed E-state index contributed by atoms with van der Waals surface area (Å²) in [5.74, 6) is 0.296. The number of carbonyl (C=O) groups excluding carboxylic acids is 1. The fourth-order valence-electron chi connectivity index (χ4n) is 2.50. The number of nitrogens with one attached hydrogen (secondary N) is 1. The minimum atomic E-state index is 0.167. The third-order valence-electron chi connectivity index (χ3n) is 3.43. The standard InChI is InChI=1S/C13H21N3O/c1-3-4-12-5-6-13(17)16(12)9-11-8-14-10(2)7-15-11/h7-8,11-12,15H,3-6,9H2,1-2H3. The second-order valence-corrected chi connectivity index (χ2v) is 4.86. The van der Waals surface area contributed by atoms with Crippen LogP contribution in [0, 0.1) is 0 Å². The molecule has 1 amide bonds. The molecule has 2 aliphatic rings. The van der Waals surface area contributed by atoms with Gasteiger partial charge in [0.15, 0.2) is 0 Å². The van der Waals surface area contributed by atoms with Gasteiger partial charge in [0.1, 0.15) is 0 Å². The molecule has 0 aromatic heterocycles. The fraction of sp³-hybridized carbons (Fsp3) is 0.692. The van der Waals surface area contributed by atoms with Crippen molar-refractivity contribution in [2.75, 3.05) is 6.54 Å². The van der Waals surface area contributed by atoms with Gasteiger partial charge in [0.25, 0.3) is 0 Å². The van der Waals surface area contributed by atoms with Crippen LogP contribution < -0.4 is 5.32 Å². The van der Waals surface area contributed by atoms with Gasteiger partial charge >= 0.3 is 0 Å². The molecule has 94 valence electrons. The molecule has 2 unspecified atom stereocenters. The molecule has 2 aliphatic heterocycles. The van der Waals surface area contributed by atoms with Gasteiger partial charge in [0, 0.05) is 31.4 Å². The molecule has 0 saturated carbocycles. The van der Waals surface area contributed by atoms with E-state index in [-0.39, 0.29) is 6.04 Å². The zero-order chi connectivity index (χ0) is 12.3. The molecule has 2 rings (SSSR count). The van der Waals surface area contributed by atoms with Crippen molar-refractivity contribution in [2.24, 2.45) is 4.99 Å². The monoisotopic (exact) mass is 235 g/mol. The highest BCUT2D eigenvalue weighted by Crippen LogP contribution is 2.22. The zero-order valence-electron chi connectivity index (χ0n) is 10.6. The number of hydrogen-bond donors (Lipinski definition) is 1. The first-order chi connectivity index (χ1) is 8.20. The SMILES string of the molecule is CCCC1CCC(=O)N1CC1C=NC(C)=CN1. The highest BCUT2D eigenvalue weighted by atomic mass is 16.2. The zero-order valence-corrected chi connectivity index (χ0v) is 10.6. The van der Waals surface area contributed by atoms with Gasteiger partial charge in [-0.1, -0.05) is 13.3 Å². The number of aliphatic imine (C=N–C) groups is 1. The Bertz CT molecular complexity index is 349. The lowest BCUT2D eigenvalue weighted by Crippen LogP contribution is -2.45. The van der Waals surface area contributed by atoms with Gasteiger partial charge in [-0.05, 0) is 19.8 Å². The lowest BCUT2D eigenvalue weighted by atomic mass is 10.1. The van der Waals surface area contributed by atoms with Gasteiger partial charge in [-0.2, -0.15) is 0 Å². The maximum atomic E-state index is 11.8. The van der Waals surface area contributed by atoms with Crippen LogP contribution in [0.1, 0.15) is 39.5 Å². The van der Waals surface area contributed by atoms with Crippen molar-refractivity contribution < 1.29 is 4.79 Å². The van der Waals surface area contributed by atoms with E-state index in [1.807, 2.05) is 24.2 Å². The van der Waals surface area contributed by atoms with E-state index >= 15 is 0 Å². The summed E-state index contributed by atoms with van der Waals surface area (Å²) < 4.78 is 0. The van der Waals surface area contributed by atoms with Gasteiger partial charge in [0.05, 0.1) is 11.7 Å². The topological polar surface area (TPSA) is 44.7 Å². The predicted molar refractivity (Wildman–Crippen MR) is 68.8 cm³/mol. The molecule has 1 N–H and O–H groups in total. The molecule has 2 atom stereocenters. The average Bonchev–Trinajstić information content (AvgIpc) is 2.65. The smallest absolute Gasteiger partial charge is 0.222 e. The number of allylic oxidation sites excluding steroid dienone is 1. The first-order valence-corrected chi connectivity index (χ1v) is 6.47. The van der Waals surface area contributed by atoms with E-state index in [2.05, 4.69) is 17.2 Å². The van der Waals surface area contributed by atoms with E-state index in [0.717, 1.165) is 31.5 Å². The van der Waals surface area contributed by atoms with E-state index in [9.17, 15) is 4.79 Å². The third-order valence-corrected chi connectivity index (χ3v) is 3.43. The van der Waals surface area contributed by atoms with Crippen molar-refractivity contribution in [3.8, 4) is 0 Å². The summed E-state index contributed by atoms with van der Waals surface area (Å²) in [7, 11) is 0. The summed E-state index contributed by atoms with van der Waals surface area (Å²) in [4.78, 5) is 18.2. The Morgan fingerprint density at radius 1 is 1.59 bits per heavy atom. The van der Waals surface area contributed by atoms with Gasteiger partial charge in [-0.25, -0.2) is 0 Å². The Labute approximate surface area is 103 Å². The summed E-state index contributed by atoms with van der Waals surface area (Å²) in [6.45, 7) is 4.88. The highest BCUT2D eigenvalue weighted by Gasteiger charge is 2.31. The average molecular weight is 235 g/mol. The first-order valence-electron chi connectivity index (χ1n) is 6.47. The molecule has 17 heavy (non-hydrogen) atoms. The van der Waals surface area contributed by atoms with Crippen molar-refractivity contribution in [2.45, 2.75) is 51.6 Å². The molecule has 4 heteroatoms. The maximum absolute atomic E-state index is 11.8. The van der Waals surface area contributed by atoms with Crippen molar-refractivity contribution in [3.05, 3.63) is 11.9 Å². The number of hydrogen-bond acceptors (Lipinski definition) is 3. The quantitative estimate of drug-likeness (QED) is 0.805. The molecular formula is C13H21N3O. The second-order valence-electron chi connectivity index (χ2n) is 4.86. The molecular weight excluding hydrogens is 214 g/mol. The summed E-state index contributed by atoms with van der Waals surface area (Å²) in [5, 5.41) is 3.27. The first kappa shape index (κ1) is 12.1. The van der Waals surface area contributed by atoms with E-state index in [1.54, 1.807) is 0 Å². The number of likely N-dealkylation sites (tertiary alicyclic amines) is 1. The van der Waals surface area contributed by atoms with Gasteiger partial charge < -0.3 is 10.2 Å². The van der Waals surface area contributed by atoms with Gasteiger partial charge in [-0.15, -0.1) is 0 Å².